The first-order chi connectivity index (χ1) is 12.2. The molecule has 0 bridgehead atoms. The molecular weight excluding hydrogens is 390 g/mol. The molecule has 0 saturated carbocycles. The monoisotopic (exact) mass is 405 g/mol. The summed E-state index contributed by atoms with van der Waals surface area (Å²) in [5.74, 6) is -0.287. The van der Waals surface area contributed by atoms with Crippen LogP contribution in [-0.2, 0) is 6.18 Å². The van der Waals surface area contributed by atoms with E-state index in [0.717, 1.165) is 12.1 Å². The van der Waals surface area contributed by atoms with E-state index in [1.54, 1.807) is 0 Å². The van der Waals surface area contributed by atoms with Crippen LogP contribution in [0.25, 0.3) is 0 Å². The number of hydrogen-bond donors (Lipinski definition) is 1. The Bertz CT molecular complexity index is 781. The lowest BCUT2D eigenvalue weighted by molar-refractivity contribution is -0.137. The molecule has 0 heterocycles. The third kappa shape index (κ3) is 5.54. The van der Waals surface area contributed by atoms with Gasteiger partial charge in [-0.3, -0.25) is 4.79 Å². The summed E-state index contributed by atoms with van der Waals surface area (Å²) in [7, 11) is 0. The summed E-state index contributed by atoms with van der Waals surface area (Å²) < 4.78 is 43.6. The Labute approximate surface area is 159 Å². The summed E-state index contributed by atoms with van der Waals surface area (Å²) in [4.78, 5) is 12.3. The molecule has 140 valence electrons. The van der Waals surface area contributed by atoms with E-state index in [1.807, 2.05) is 6.92 Å². The minimum Gasteiger partial charge on any atom is -0.491 e. The lowest BCUT2D eigenvalue weighted by Gasteiger charge is -2.18. The number of carbonyl (C=O) groups is 1. The number of benzene rings is 2. The molecule has 2 aromatic rings. The van der Waals surface area contributed by atoms with Crippen molar-refractivity contribution < 1.29 is 22.7 Å². The van der Waals surface area contributed by atoms with Crippen LogP contribution >= 0.6 is 23.2 Å². The number of hydrogen-bond acceptors (Lipinski definition) is 2. The Hall–Kier alpha value is -1.92. The van der Waals surface area contributed by atoms with Crippen molar-refractivity contribution in [2.75, 3.05) is 6.61 Å². The van der Waals surface area contributed by atoms with Gasteiger partial charge in [0.25, 0.3) is 5.91 Å². The first-order valence-electron chi connectivity index (χ1n) is 7.76. The van der Waals surface area contributed by atoms with Crippen LogP contribution < -0.4 is 10.1 Å². The molecule has 2 aromatic carbocycles. The van der Waals surface area contributed by atoms with Crippen molar-refractivity contribution >= 4 is 29.1 Å². The van der Waals surface area contributed by atoms with E-state index in [1.165, 1.54) is 30.3 Å². The van der Waals surface area contributed by atoms with Gasteiger partial charge in [-0.05, 0) is 42.8 Å². The van der Waals surface area contributed by atoms with Gasteiger partial charge in [0, 0.05) is 5.56 Å². The molecule has 0 aliphatic heterocycles. The SMILES string of the molecule is CCC(COc1cccc(C(F)(F)F)c1)NC(=O)c1ccc(Cl)c(Cl)c1. The van der Waals surface area contributed by atoms with E-state index in [4.69, 9.17) is 27.9 Å². The fraction of sp³-hybridized carbons (Fsp3) is 0.278. The van der Waals surface area contributed by atoms with Crippen molar-refractivity contribution in [2.45, 2.75) is 25.6 Å². The number of rotatable bonds is 6. The number of ether oxygens (including phenoxy) is 1. The molecule has 3 nitrogen and oxygen atoms in total. The molecule has 1 amide bonds. The smallest absolute Gasteiger partial charge is 0.416 e. The van der Waals surface area contributed by atoms with E-state index in [2.05, 4.69) is 5.32 Å². The zero-order valence-electron chi connectivity index (χ0n) is 13.7. The third-order valence-corrected chi connectivity index (χ3v) is 4.36. The topological polar surface area (TPSA) is 38.3 Å². The highest BCUT2D eigenvalue weighted by Gasteiger charge is 2.30. The minimum atomic E-state index is -4.44. The van der Waals surface area contributed by atoms with Gasteiger partial charge in [-0.25, -0.2) is 0 Å². The quantitative estimate of drug-likeness (QED) is 0.678. The molecule has 0 aromatic heterocycles. The van der Waals surface area contributed by atoms with Crippen LogP contribution in [0.2, 0.25) is 10.0 Å². The van der Waals surface area contributed by atoms with E-state index in [9.17, 15) is 18.0 Å². The second-order valence-corrected chi connectivity index (χ2v) is 6.36. The predicted molar refractivity (Wildman–Crippen MR) is 94.9 cm³/mol. The first-order valence-corrected chi connectivity index (χ1v) is 8.52. The Morgan fingerprint density at radius 2 is 1.88 bits per heavy atom. The Kier molecular flexibility index (Phi) is 6.78. The molecule has 0 saturated heterocycles. The largest absolute Gasteiger partial charge is 0.491 e. The van der Waals surface area contributed by atoms with Crippen molar-refractivity contribution in [1.82, 2.24) is 5.32 Å². The van der Waals surface area contributed by atoms with Gasteiger partial charge in [0.15, 0.2) is 0 Å². The van der Waals surface area contributed by atoms with Gasteiger partial charge < -0.3 is 10.1 Å². The average molecular weight is 406 g/mol. The number of carbonyl (C=O) groups excluding carboxylic acids is 1. The minimum absolute atomic E-state index is 0.0326. The number of alkyl halides is 3. The Morgan fingerprint density at radius 3 is 2.50 bits per heavy atom. The molecule has 0 fully saturated rings. The zero-order valence-corrected chi connectivity index (χ0v) is 15.3. The van der Waals surface area contributed by atoms with Gasteiger partial charge in [0.1, 0.15) is 12.4 Å². The Morgan fingerprint density at radius 1 is 1.15 bits per heavy atom. The van der Waals surface area contributed by atoms with Crippen LogP contribution in [0.15, 0.2) is 42.5 Å². The highest BCUT2D eigenvalue weighted by atomic mass is 35.5. The van der Waals surface area contributed by atoms with E-state index in [-0.39, 0.29) is 29.3 Å². The van der Waals surface area contributed by atoms with Crippen LogP contribution in [-0.4, -0.2) is 18.6 Å². The number of nitrogens with one attached hydrogen (secondary N) is 1. The maximum atomic E-state index is 12.7. The molecule has 0 spiro atoms. The summed E-state index contributed by atoms with van der Waals surface area (Å²) in [6.45, 7) is 1.86. The highest BCUT2D eigenvalue weighted by Crippen LogP contribution is 2.31. The summed E-state index contributed by atoms with van der Waals surface area (Å²) >= 11 is 11.7. The second kappa shape index (κ2) is 8.64. The van der Waals surface area contributed by atoms with Gasteiger partial charge >= 0.3 is 6.18 Å². The normalized spacial score (nSPS) is 12.5. The zero-order chi connectivity index (χ0) is 19.3. The predicted octanol–water partition coefficient (Wildman–Crippen LogP) is 5.60. The van der Waals surface area contributed by atoms with E-state index >= 15 is 0 Å². The number of halogens is 5. The van der Waals surface area contributed by atoms with Crippen LogP contribution in [0.4, 0.5) is 13.2 Å². The molecule has 1 N–H and O–H groups in total. The lowest BCUT2D eigenvalue weighted by atomic mass is 10.1. The highest BCUT2D eigenvalue weighted by molar-refractivity contribution is 6.42. The van der Waals surface area contributed by atoms with Crippen LogP contribution in [0.5, 0.6) is 5.75 Å². The summed E-state index contributed by atoms with van der Waals surface area (Å²) in [6, 6.07) is 8.70. The second-order valence-electron chi connectivity index (χ2n) is 5.54. The first kappa shape index (κ1) is 20.4. The average Bonchev–Trinajstić information content (AvgIpc) is 2.60. The maximum absolute atomic E-state index is 12.7. The summed E-state index contributed by atoms with van der Waals surface area (Å²) in [5.41, 5.74) is -0.459. The van der Waals surface area contributed by atoms with Crippen molar-refractivity contribution in [3.8, 4) is 5.75 Å². The number of amides is 1. The fourth-order valence-corrected chi connectivity index (χ4v) is 2.42. The molecule has 2 rings (SSSR count). The maximum Gasteiger partial charge on any atom is 0.416 e. The lowest BCUT2D eigenvalue weighted by Crippen LogP contribution is -2.38. The van der Waals surface area contributed by atoms with Crippen molar-refractivity contribution in [3.63, 3.8) is 0 Å². The molecule has 8 heteroatoms. The van der Waals surface area contributed by atoms with Crippen LogP contribution in [0, 0.1) is 0 Å². The molecular formula is C18H16Cl2F3NO2. The summed E-state index contributed by atoms with van der Waals surface area (Å²) in [6.07, 6.45) is -3.91. The Balaban J connectivity index is 1.99. The van der Waals surface area contributed by atoms with Gasteiger partial charge in [-0.2, -0.15) is 13.2 Å². The van der Waals surface area contributed by atoms with Gasteiger partial charge in [0.2, 0.25) is 0 Å². The standard InChI is InChI=1S/C18H16Cl2F3NO2/c1-2-13(24-17(25)11-6-7-15(19)16(20)8-11)10-26-14-5-3-4-12(9-14)18(21,22)23/h3-9,13H,2,10H2,1H3,(H,24,25). The van der Waals surface area contributed by atoms with Crippen molar-refractivity contribution in [3.05, 3.63) is 63.6 Å². The van der Waals surface area contributed by atoms with Gasteiger partial charge in [-0.1, -0.05) is 36.2 Å². The van der Waals surface area contributed by atoms with Gasteiger partial charge in [0.05, 0.1) is 21.7 Å². The van der Waals surface area contributed by atoms with E-state index in [0.29, 0.717) is 17.0 Å². The van der Waals surface area contributed by atoms with Crippen LogP contribution in [0.1, 0.15) is 29.3 Å². The van der Waals surface area contributed by atoms with E-state index < -0.39 is 11.7 Å². The van der Waals surface area contributed by atoms with Gasteiger partial charge in [-0.15, -0.1) is 0 Å². The van der Waals surface area contributed by atoms with Crippen molar-refractivity contribution in [1.29, 1.82) is 0 Å². The third-order valence-electron chi connectivity index (χ3n) is 3.62. The fourth-order valence-electron chi connectivity index (χ4n) is 2.13. The van der Waals surface area contributed by atoms with Crippen molar-refractivity contribution in [2.24, 2.45) is 0 Å². The molecule has 1 unspecified atom stereocenters. The summed E-state index contributed by atoms with van der Waals surface area (Å²) in [5, 5.41) is 3.35. The molecule has 0 aliphatic carbocycles. The van der Waals surface area contributed by atoms with Crippen LogP contribution in [0.3, 0.4) is 0 Å². The molecule has 0 radical (unpaired) electrons. The molecule has 26 heavy (non-hydrogen) atoms. The molecule has 0 aliphatic rings. The molecule has 1 atom stereocenters.